The third kappa shape index (κ3) is 7.06. The molecule has 0 rings (SSSR count). The number of rotatable bonds is 9. The van der Waals surface area contributed by atoms with Crippen molar-refractivity contribution in [3.05, 3.63) is 0 Å². The number of unbranched alkanes of at least 4 members (excludes halogenated alkanes) is 1. The maximum absolute atomic E-state index is 11.3. The first-order valence-electron chi connectivity index (χ1n) is 5.91. The van der Waals surface area contributed by atoms with Gasteiger partial charge in [-0.25, -0.2) is 4.79 Å². The number of aliphatic carboxylic acids is 1. The Kier molecular flexibility index (Phi) is 8.24. The van der Waals surface area contributed by atoms with E-state index < -0.39 is 36.7 Å². The highest BCUT2D eigenvalue weighted by Crippen LogP contribution is 2.10. The van der Waals surface area contributed by atoms with E-state index in [1.165, 1.54) is 0 Å². The van der Waals surface area contributed by atoms with E-state index in [2.05, 4.69) is 4.74 Å². The molecule has 0 aliphatic rings. The van der Waals surface area contributed by atoms with E-state index in [0.717, 1.165) is 13.3 Å². The van der Waals surface area contributed by atoms with Gasteiger partial charge in [0.25, 0.3) is 6.29 Å². The van der Waals surface area contributed by atoms with Gasteiger partial charge in [-0.2, -0.15) is 0 Å². The predicted octanol–water partition coefficient (Wildman–Crippen LogP) is -0.793. The molecular formula is C11H20O8. The monoisotopic (exact) mass is 280 g/mol. The number of ether oxygens (including phenoxy) is 2. The summed E-state index contributed by atoms with van der Waals surface area (Å²) in [4.78, 5) is 22.1. The van der Waals surface area contributed by atoms with Gasteiger partial charge in [-0.1, -0.05) is 13.3 Å². The quantitative estimate of drug-likeness (QED) is 0.319. The summed E-state index contributed by atoms with van der Waals surface area (Å²) in [6, 6.07) is 0. The van der Waals surface area contributed by atoms with Crippen molar-refractivity contribution in [1.29, 1.82) is 0 Å². The van der Waals surface area contributed by atoms with Crippen molar-refractivity contribution in [3.8, 4) is 0 Å². The average molecular weight is 280 g/mol. The number of carbonyl (C=O) groups is 2. The van der Waals surface area contributed by atoms with Crippen LogP contribution in [0.15, 0.2) is 0 Å². The molecule has 0 aliphatic heterocycles. The molecule has 0 heterocycles. The zero-order chi connectivity index (χ0) is 15.0. The highest BCUT2D eigenvalue weighted by molar-refractivity contribution is 5.73. The molecule has 0 aliphatic carbocycles. The standard InChI is InChI=1S/C11H20O8/c1-3-4-5-7(13)18-11(10(16)17)19-8(6(2)12)9(14)15/h6,8,10-12,16-17H,3-5H2,1-2H3,(H,14,15). The molecule has 0 aromatic heterocycles. The van der Waals surface area contributed by atoms with Crippen LogP contribution in [0, 0.1) is 0 Å². The fraction of sp³-hybridized carbons (Fsp3) is 0.818. The lowest BCUT2D eigenvalue weighted by Gasteiger charge is -2.24. The lowest BCUT2D eigenvalue weighted by molar-refractivity contribution is -0.268. The van der Waals surface area contributed by atoms with Crippen LogP contribution in [0.4, 0.5) is 0 Å². The van der Waals surface area contributed by atoms with Gasteiger partial charge >= 0.3 is 11.9 Å². The Labute approximate surface area is 110 Å². The van der Waals surface area contributed by atoms with E-state index in [1.807, 2.05) is 6.92 Å². The minimum Gasteiger partial charge on any atom is -0.479 e. The summed E-state index contributed by atoms with van der Waals surface area (Å²) < 4.78 is 9.30. The van der Waals surface area contributed by atoms with E-state index in [0.29, 0.717) is 6.42 Å². The number of carboxylic acid groups (broad SMARTS) is 1. The Hall–Kier alpha value is -1.22. The summed E-state index contributed by atoms with van der Waals surface area (Å²) in [7, 11) is 0. The van der Waals surface area contributed by atoms with E-state index >= 15 is 0 Å². The van der Waals surface area contributed by atoms with E-state index in [-0.39, 0.29) is 6.42 Å². The first-order chi connectivity index (χ1) is 8.79. The largest absolute Gasteiger partial charge is 0.479 e. The van der Waals surface area contributed by atoms with Crippen LogP contribution in [-0.2, 0) is 19.1 Å². The summed E-state index contributed by atoms with van der Waals surface area (Å²) in [6.07, 6.45) is -5.86. The van der Waals surface area contributed by atoms with Crippen molar-refractivity contribution in [2.45, 2.75) is 57.9 Å². The summed E-state index contributed by atoms with van der Waals surface area (Å²) in [6.45, 7) is 3.01. The van der Waals surface area contributed by atoms with Crippen LogP contribution in [0.2, 0.25) is 0 Å². The topological polar surface area (TPSA) is 134 Å². The van der Waals surface area contributed by atoms with Crippen molar-refractivity contribution >= 4 is 11.9 Å². The molecule has 0 saturated heterocycles. The Bertz CT molecular complexity index is 288. The lowest BCUT2D eigenvalue weighted by atomic mass is 10.2. The molecule has 0 amide bonds. The number of aliphatic hydroxyl groups is 3. The van der Waals surface area contributed by atoms with Crippen LogP contribution in [0.5, 0.6) is 0 Å². The number of hydrogen-bond donors (Lipinski definition) is 4. The number of aliphatic hydroxyl groups excluding tert-OH is 2. The van der Waals surface area contributed by atoms with Gasteiger partial charge in [-0.15, -0.1) is 0 Å². The molecule has 8 heteroatoms. The molecule has 0 aromatic carbocycles. The summed E-state index contributed by atoms with van der Waals surface area (Å²) in [5, 5.41) is 35.9. The maximum atomic E-state index is 11.3. The van der Waals surface area contributed by atoms with Crippen LogP contribution in [0.3, 0.4) is 0 Å². The number of carbonyl (C=O) groups excluding carboxylic acids is 1. The van der Waals surface area contributed by atoms with Crippen molar-refractivity contribution in [2.75, 3.05) is 0 Å². The maximum Gasteiger partial charge on any atom is 0.335 e. The molecule has 0 saturated carbocycles. The van der Waals surface area contributed by atoms with Gasteiger partial charge in [-0.05, 0) is 13.3 Å². The Morgan fingerprint density at radius 1 is 1.21 bits per heavy atom. The smallest absolute Gasteiger partial charge is 0.335 e. The Balaban J connectivity index is 4.55. The zero-order valence-electron chi connectivity index (χ0n) is 10.9. The molecule has 0 aromatic rings. The summed E-state index contributed by atoms with van der Waals surface area (Å²) >= 11 is 0. The van der Waals surface area contributed by atoms with Gasteiger partial charge in [0.15, 0.2) is 6.10 Å². The van der Waals surface area contributed by atoms with Crippen molar-refractivity contribution in [2.24, 2.45) is 0 Å². The molecule has 0 bridgehead atoms. The predicted molar refractivity (Wildman–Crippen MR) is 61.8 cm³/mol. The molecule has 3 atom stereocenters. The van der Waals surface area contributed by atoms with E-state index in [1.54, 1.807) is 0 Å². The van der Waals surface area contributed by atoms with Crippen molar-refractivity contribution in [3.63, 3.8) is 0 Å². The second-order valence-electron chi connectivity index (χ2n) is 4.01. The number of carboxylic acids is 1. The Morgan fingerprint density at radius 3 is 2.16 bits per heavy atom. The minimum atomic E-state index is -2.20. The van der Waals surface area contributed by atoms with Gasteiger partial charge in [0.2, 0.25) is 6.29 Å². The number of esters is 1. The van der Waals surface area contributed by atoms with Gasteiger partial charge < -0.3 is 29.9 Å². The lowest BCUT2D eigenvalue weighted by Crippen LogP contribution is -2.43. The molecule has 0 spiro atoms. The van der Waals surface area contributed by atoms with Crippen LogP contribution in [0.25, 0.3) is 0 Å². The van der Waals surface area contributed by atoms with Crippen LogP contribution >= 0.6 is 0 Å². The first kappa shape index (κ1) is 17.8. The highest BCUT2D eigenvalue weighted by Gasteiger charge is 2.32. The van der Waals surface area contributed by atoms with Crippen LogP contribution in [0.1, 0.15) is 33.1 Å². The fourth-order valence-corrected chi connectivity index (χ4v) is 1.19. The molecule has 4 N–H and O–H groups in total. The van der Waals surface area contributed by atoms with Gasteiger partial charge in [0.05, 0.1) is 6.10 Å². The first-order valence-corrected chi connectivity index (χ1v) is 5.91. The Morgan fingerprint density at radius 2 is 1.79 bits per heavy atom. The molecule has 19 heavy (non-hydrogen) atoms. The molecule has 0 radical (unpaired) electrons. The zero-order valence-corrected chi connectivity index (χ0v) is 10.9. The normalized spacial score (nSPS) is 15.9. The SMILES string of the molecule is CCCCC(=O)OC(OC(C(=O)O)C(C)O)C(O)O. The average Bonchev–Trinajstić information content (AvgIpc) is 2.30. The summed E-state index contributed by atoms with van der Waals surface area (Å²) in [5.74, 6) is -2.25. The third-order valence-corrected chi connectivity index (χ3v) is 2.19. The van der Waals surface area contributed by atoms with Gasteiger partial charge in [-0.3, -0.25) is 4.79 Å². The summed E-state index contributed by atoms with van der Waals surface area (Å²) in [5.41, 5.74) is 0. The van der Waals surface area contributed by atoms with Gasteiger partial charge in [0.1, 0.15) is 0 Å². The molecule has 3 unspecified atom stereocenters. The molecule has 0 fully saturated rings. The minimum absolute atomic E-state index is 0.0511. The van der Waals surface area contributed by atoms with Crippen molar-refractivity contribution in [1.82, 2.24) is 0 Å². The third-order valence-electron chi connectivity index (χ3n) is 2.19. The second-order valence-corrected chi connectivity index (χ2v) is 4.01. The molecular weight excluding hydrogens is 260 g/mol. The van der Waals surface area contributed by atoms with Gasteiger partial charge in [0, 0.05) is 6.42 Å². The van der Waals surface area contributed by atoms with E-state index in [9.17, 15) is 14.7 Å². The van der Waals surface area contributed by atoms with Crippen LogP contribution < -0.4 is 0 Å². The molecule has 112 valence electrons. The fourth-order valence-electron chi connectivity index (χ4n) is 1.19. The highest BCUT2D eigenvalue weighted by atomic mass is 16.7. The van der Waals surface area contributed by atoms with Crippen LogP contribution in [-0.4, -0.2) is 57.2 Å². The van der Waals surface area contributed by atoms with Crippen molar-refractivity contribution < 1.29 is 39.5 Å². The second kappa shape index (κ2) is 8.81. The molecule has 8 nitrogen and oxygen atoms in total. The number of hydrogen-bond acceptors (Lipinski definition) is 7. The van der Waals surface area contributed by atoms with E-state index in [4.69, 9.17) is 20.1 Å².